The first-order valence-corrected chi connectivity index (χ1v) is 5.65. The van der Waals surface area contributed by atoms with Gasteiger partial charge in [-0.05, 0) is 13.8 Å². The van der Waals surface area contributed by atoms with Crippen molar-refractivity contribution in [2.24, 2.45) is 12.5 Å². The van der Waals surface area contributed by atoms with E-state index in [1.54, 1.807) is 0 Å². The van der Waals surface area contributed by atoms with E-state index in [4.69, 9.17) is 0 Å². The average Bonchev–Trinajstić information content (AvgIpc) is 2.37. The topological polar surface area (TPSA) is 113 Å². The van der Waals surface area contributed by atoms with Gasteiger partial charge in [0.2, 0.25) is 0 Å². The minimum absolute atomic E-state index is 0.313. The monoisotopic (exact) mass is 285 g/mol. The van der Waals surface area contributed by atoms with E-state index in [1.165, 1.54) is 28.0 Å². The third kappa shape index (κ3) is 2.76. The van der Waals surface area contributed by atoms with Crippen LogP contribution in [0.4, 0.5) is 5.69 Å². The molecule has 9 heteroatoms. The number of aryl methyl sites for hydroxylation is 1. The highest BCUT2D eigenvalue weighted by atomic mass is 16.6. The lowest BCUT2D eigenvalue weighted by molar-refractivity contribution is -0.387. The van der Waals surface area contributed by atoms with Crippen molar-refractivity contribution in [2.75, 3.05) is 7.11 Å². The van der Waals surface area contributed by atoms with Crippen LogP contribution < -0.4 is 11.2 Å². The minimum atomic E-state index is -1.17. The first-order valence-electron chi connectivity index (χ1n) is 5.65. The van der Waals surface area contributed by atoms with Crippen molar-refractivity contribution in [3.05, 3.63) is 37.1 Å². The van der Waals surface area contributed by atoms with Gasteiger partial charge in [-0.25, -0.2) is 4.79 Å². The van der Waals surface area contributed by atoms with Gasteiger partial charge in [0.1, 0.15) is 0 Å². The fourth-order valence-corrected chi connectivity index (χ4v) is 1.71. The van der Waals surface area contributed by atoms with Crippen molar-refractivity contribution in [3.63, 3.8) is 0 Å². The highest BCUT2D eigenvalue weighted by molar-refractivity contribution is 5.75. The lowest BCUT2D eigenvalue weighted by Crippen LogP contribution is -2.44. The zero-order valence-corrected chi connectivity index (χ0v) is 11.6. The summed E-state index contributed by atoms with van der Waals surface area (Å²) < 4.78 is 6.16. The molecule has 1 aromatic heterocycles. The molecule has 0 aliphatic rings. The van der Waals surface area contributed by atoms with Gasteiger partial charge in [0.05, 0.1) is 23.6 Å². The second-order valence-electron chi connectivity index (χ2n) is 4.93. The van der Waals surface area contributed by atoms with Crippen molar-refractivity contribution in [3.8, 4) is 0 Å². The zero-order valence-electron chi connectivity index (χ0n) is 11.6. The quantitative estimate of drug-likeness (QED) is 0.424. The molecule has 110 valence electrons. The molecule has 0 N–H and O–H groups in total. The number of aromatic nitrogens is 2. The maximum absolute atomic E-state index is 11.9. The largest absolute Gasteiger partial charge is 0.469 e. The Kier molecular flexibility index (Phi) is 4.11. The van der Waals surface area contributed by atoms with Crippen LogP contribution in [0.25, 0.3) is 0 Å². The summed E-state index contributed by atoms with van der Waals surface area (Å²) in [6.07, 6.45) is 0.853. The van der Waals surface area contributed by atoms with Crippen LogP contribution in [0.15, 0.2) is 15.8 Å². The van der Waals surface area contributed by atoms with E-state index in [-0.39, 0.29) is 6.54 Å². The summed E-state index contributed by atoms with van der Waals surface area (Å²) in [6, 6.07) is 0. The third-order valence-corrected chi connectivity index (χ3v) is 2.80. The molecule has 1 rings (SSSR count). The summed E-state index contributed by atoms with van der Waals surface area (Å²) >= 11 is 0. The summed E-state index contributed by atoms with van der Waals surface area (Å²) in [7, 11) is 2.47. The predicted octanol–water partition coefficient (Wildman–Crippen LogP) is -0.346. The van der Waals surface area contributed by atoms with Gasteiger partial charge in [0.25, 0.3) is 0 Å². The molecule has 0 aliphatic heterocycles. The zero-order chi connectivity index (χ0) is 15.7. The molecule has 0 aromatic carbocycles. The molecule has 1 heterocycles. The first-order chi connectivity index (χ1) is 9.11. The number of hydrogen-bond donors (Lipinski definition) is 0. The Morgan fingerprint density at radius 1 is 1.45 bits per heavy atom. The molecule has 0 bridgehead atoms. The van der Waals surface area contributed by atoms with Gasteiger partial charge in [0, 0.05) is 13.6 Å². The maximum Gasteiger partial charge on any atom is 0.350 e. The fourth-order valence-electron chi connectivity index (χ4n) is 1.71. The van der Waals surface area contributed by atoms with Crippen LogP contribution in [0, 0.1) is 15.5 Å². The lowest BCUT2D eigenvalue weighted by atomic mass is 9.93. The second kappa shape index (κ2) is 5.27. The molecular weight excluding hydrogens is 270 g/mol. The Balaban J connectivity index is 3.47. The number of rotatable bonds is 4. The van der Waals surface area contributed by atoms with Crippen molar-refractivity contribution >= 4 is 11.7 Å². The van der Waals surface area contributed by atoms with Crippen LogP contribution in [0.2, 0.25) is 0 Å². The number of carbonyl (C=O) groups is 1. The molecule has 0 amide bonds. The van der Waals surface area contributed by atoms with E-state index < -0.39 is 33.2 Å². The van der Waals surface area contributed by atoms with Crippen LogP contribution >= 0.6 is 0 Å². The Bertz CT molecular complexity index is 670. The number of esters is 1. The van der Waals surface area contributed by atoms with Crippen LogP contribution in [-0.2, 0) is 23.1 Å². The molecule has 0 spiro atoms. The van der Waals surface area contributed by atoms with E-state index >= 15 is 0 Å². The molecule has 0 aliphatic carbocycles. The van der Waals surface area contributed by atoms with E-state index in [9.17, 15) is 24.5 Å². The maximum atomic E-state index is 11.9. The van der Waals surface area contributed by atoms with E-state index in [2.05, 4.69) is 4.74 Å². The Labute approximate surface area is 113 Å². The number of hydrogen-bond acceptors (Lipinski definition) is 6. The van der Waals surface area contributed by atoms with Gasteiger partial charge in [0.15, 0.2) is 0 Å². The van der Waals surface area contributed by atoms with Gasteiger partial charge in [-0.3, -0.25) is 28.8 Å². The van der Waals surface area contributed by atoms with Gasteiger partial charge in [-0.1, -0.05) is 0 Å². The number of ether oxygens (including phenoxy) is 1. The number of nitrogens with zero attached hydrogens (tertiary/aromatic N) is 3. The minimum Gasteiger partial charge on any atom is -0.469 e. The van der Waals surface area contributed by atoms with Crippen LogP contribution in [0.3, 0.4) is 0 Å². The molecule has 0 unspecified atom stereocenters. The highest BCUT2D eigenvalue weighted by Crippen LogP contribution is 2.18. The molecule has 1 aromatic rings. The van der Waals surface area contributed by atoms with E-state index in [0.29, 0.717) is 4.57 Å². The van der Waals surface area contributed by atoms with Crippen molar-refractivity contribution in [1.29, 1.82) is 0 Å². The average molecular weight is 285 g/mol. The predicted molar refractivity (Wildman–Crippen MR) is 68.4 cm³/mol. The number of carbonyl (C=O) groups excluding carboxylic acids is 1. The summed E-state index contributed by atoms with van der Waals surface area (Å²) in [6.45, 7) is 2.64. The van der Waals surface area contributed by atoms with Gasteiger partial charge >= 0.3 is 22.9 Å². The van der Waals surface area contributed by atoms with E-state index in [1.807, 2.05) is 0 Å². The third-order valence-electron chi connectivity index (χ3n) is 2.80. The summed E-state index contributed by atoms with van der Waals surface area (Å²) in [5, 5.41) is 10.8. The van der Waals surface area contributed by atoms with Crippen LogP contribution in [0.5, 0.6) is 0 Å². The van der Waals surface area contributed by atoms with Gasteiger partial charge in [-0.15, -0.1) is 0 Å². The standard InChI is InChI=1S/C11H15N3O6/c1-11(2,9(16)20-4)6-13-8(15)7(14(18)19)5-12(3)10(13)17/h5H,6H2,1-4H3. The molecule has 0 radical (unpaired) electrons. The number of nitro groups is 1. The molecule has 9 nitrogen and oxygen atoms in total. The van der Waals surface area contributed by atoms with Crippen molar-refractivity contribution < 1.29 is 14.5 Å². The van der Waals surface area contributed by atoms with Gasteiger partial charge < -0.3 is 4.74 Å². The van der Waals surface area contributed by atoms with Gasteiger partial charge in [-0.2, -0.15) is 0 Å². The van der Waals surface area contributed by atoms with Crippen LogP contribution in [-0.4, -0.2) is 27.1 Å². The lowest BCUT2D eigenvalue weighted by Gasteiger charge is -2.21. The number of methoxy groups -OCH3 is 1. The Morgan fingerprint density at radius 3 is 2.45 bits per heavy atom. The SMILES string of the molecule is COC(=O)C(C)(C)Cn1c(=O)c([N+](=O)[O-])cn(C)c1=O. The molecule has 0 saturated heterocycles. The summed E-state index contributed by atoms with van der Waals surface area (Å²) in [4.78, 5) is 45.3. The smallest absolute Gasteiger partial charge is 0.350 e. The molecule has 0 fully saturated rings. The van der Waals surface area contributed by atoms with Crippen LogP contribution in [0.1, 0.15) is 13.8 Å². The molecule has 0 atom stereocenters. The first kappa shape index (κ1) is 15.6. The van der Waals surface area contributed by atoms with Crippen molar-refractivity contribution in [1.82, 2.24) is 9.13 Å². The molecule has 20 heavy (non-hydrogen) atoms. The summed E-state index contributed by atoms with van der Waals surface area (Å²) in [5.41, 5.74) is -3.68. The normalized spacial score (nSPS) is 11.2. The molecule has 0 saturated carbocycles. The second-order valence-corrected chi connectivity index (χ2v) is 4.93. The fraction of sp³-hybridized carbons (Fsp3) is 0.545. The van der Waals surface area contributed by atoms with E-state index in [0.717, 1.165) is 10.8 Å². The Morgan fingerprint density at radius 2 is 2.00 bits per heavy atom. The van der Waals surface area contributed by atoms with Crippen molar-refractivity contribution in [2.45, 2.75) is 20.4 Å². The molecular formula is C11H15N3O6. The Hall–Kier alpha value is -2.45. The summed E-state index contributed by atoms with van der Waals surface area (Å²) in [5.74, 6) is -0.627. The highest BCUT2D eigenvalue weighted by Gasteiger charge is 2.32.